The number of nitro benzene ring substituents is 1. The van der Waals surface area contributed by atoms with Gasteiger partial charge in [0.2, 0.25) is 0 Å². The minimum atomic E-state index is -0.503. The third-order valence-electron chi connectivity index (χ3n) is 1.71. The lowest BCUT2D eigenvalue weighted by molar-refractivity contribution is -0.384. The van der Waals surface area contributed by atoms with Crippen LogP contribution in [0.1, 0.15) is 12.0 Å². The summed E-state index contributed by atoms with van der Waals surface area (Å²) in [5, 5.41) is 19.0. The highest BCUT2D eigenvalue weighted by Crippen LogP contribution is 2.18. The molecule has 1 aromatic rings. The predicted octanol–water partition coefficient (Wildman–Crippen LogP) is 0.911. The molecule has 0 saturated carbocycles. The Morgan fingerprint density at radius 2 is 2.27 bits per heavy atom. The summed E-state index contributed by atoms with van der Waals surface area (Å²) in [7, 11) is 0. The molecule has 78 valence electrons. The summed E-state index contributed by atoms with van der Waals surface area (Å²) in [6.45, 7) is -0.0398. The monoisotopic (exact) mass is 206 g/mol. The molecule has 5 heteroatoms. The van der Waals surface area contributed by atoms with Gasteiger partial charge < -0.3 is 10.8 Å². The zero-order valence-corrected chi connectivity index (χ0v) is 7.93. The van der Waals surface area contributed by atoms with E-state index in [1.54, 1.807) is 0 Å². The molecule has 0 saturated heterocycles. The fraction of sp³-hybridized carbons (Fsp3) is 0.200. The number of aliphatic hydroxyl groups excluding tert-OH is 1. The van der Waals surface area contributed by atoms with E-state index in [-0.39, 0.29) is 12.3 Å². The molecule has 0 heterocycles. The van der Waals surface area contributed by atoms with Gasteiger partial charge in [-0.3, -0.25) is 10.1 Å². The molecule has 3 N–H and O–H groups in total. The highest BCUT2D eigenvalue weighted by molar-refractivity contribution is 5.59. The van der Waals surface area contributed by atoms with Crippen molar-refractivity contribution < 1.29 is 10.0 Å². The number of benzene rings is 1. The van der Waals surface area contributed by atoms with Crippen molar-refractivity contribution in [3.05, 3.63) is 33.9 Å². The largest absolute Gasteiger partial charge is 0.398 e. The van der Waals surface area contributed by atoms with Crippen molar-refractivity contribution in [2.75, 3.05) is 12.3 Å². The van der Waals surface area contributed by atoms with Crippen LogP contribution in [0.5, 0.6) is 0 Å². The molecule has 0 aliphatic carbocycles. The van der Waals surface area contributed by atoms with Crippen LogP contribution in [-0.2, 0) is 0 Å². The lowest BCUT2D eigenvalue weighted by Gasteiger charge is -1.97. The van der Waals surface area contributed by atoms with Gasteiger partial charge in [-0.15, -0.1) is 0 Å². The second-order valence-electron chi connectivity index (χ2n) is 2.80. The van der Waals surface area contributed by atoms with Crippen LogP contribution in [0.15, 0.2) is 18.2 Å². The molecule has 0 radical (unpaired) electrons. The van der Waals surface area contributed by atoms with Crippen LogP contribution in [0.25, 0.3) is 0 Å². The van der Waals surface area contributed by atoms with Crippen LogP contribution in [0, 0.1) is 22.0 Å². The van der Waals surface area contributed by atoms with Gasteiger partial charge in [-0.05, 0) is 6.07 Å². The number of nitrogens with two attached hydrogens (primary N) is 1. The molecular formula is C10H10N2O3. The van der Waals surface area contributed by atoms with Crippen molar-refractivity contribution in [2.45, 2.75) is 6.42 Å². The molecule has 1 rings (SSSR count). The summed E-state index contributed by atoms with van der Waals surface area (Å²) in [5.41, 5.74) is 6.35. The van der Waals surface area contributed by atoms with Crippen LogP contribution in [0.4, 0.5) is 11.4 Å². The second-order valence-corrected chi connectivity index (χ2v) is 2.80. The summed E-state index contributed by atoms with van der Waals surface area (Å²) < 4.78 is 0. The molecule has 0 amide bonds. The smallest absolute Gasteiger partial charge is 0.270 e. The molecule has 0 aromatic heterocycles. The number of rotatable bonds is 2. The highest BCUT2D eigenvalue weighted by atomic mass is 16.6. The van der Waals surface area contributed by atoms with E-state index in [1.807, 2.05) is 0 Å². The van der Waals surface area contributed by atoms with Crippen molar-refractivity contribution in [2.24, 2.45) is 0 Å². The van der Waals surface area contributed by atoms with Crippen LogP contribution in [0.2, 0.25) is 0 Å². The summed E-state index contributed by atoms with van der Waals surface area (Å²) in [5.74, 6) is 5.33. The molecule has 15 heavy (non-hydrogen) atoms. The normalized spacial score (nSPS) is 9.13. The molecule has 1 aromatic carbocycles. The first-order valence-electron chi connectivity index (χ1n) is 4.29. The Kier molecular flexibility index (Phi) is 3.66. The summed E-state index contributed by atoms with van der Waals surface area (Å²) in [6.07, 6.45) is 0.322. The topological polar surface area (TPSA) is 89.4 Å². The molecule has 5 nitrogen and oxygen atoms in total. The van der Waals surface area contributed by atoms with Crippen LogP contribution >= 0.6 is 0 Å². The molecule has 0 atom stereocenters. The summed E-state index contributed by atoms with van der Waals surface area (Å²) in [6, 6.07) is 4.09. The molecule has 0 bridgehead atoms. The summed E-state index contributed by atoms with van der Waals surface area (Å²) in [4.78, 5) is 9.97. The first-order valence-corrected chi connectivity index (χ1v) is 4.29. The van der Waals surface area contributed by atoms with Crippen molar-refractivity contribution >= 4 is 11.4 Å². The van der Waals surface area contributed by atoms with Gasteiger partial charge in [0.25, 0.3) is 5.69 Å². The molecule has 0 aliphatic heterocycles. The van der Waals surface area contributed by atoms with Crippen molar-refractivity contribution in [1.29, 1.82) is 0 Å². The van der Waals surface area contributed by atoms with Gasteiger partial charge in [0.1, 0.15) is 0 Å². The van der Waals surface area contributed by atoms with E-state index in [9.17, 15) is 10.1 Å². The van der Waals surface area contributed by atoms with E-state index in [1.165, 1.54) is 18.2 Å². The van der Waals surface area contributed by atoms with Gasteiger partial charge in [-0.25, -0.2) is 0 Å². The highest BCUT2D eigenvalue weighted by Gasteiger charge is 2.06. The average molecular weight is 206 g/mol. The van der Waals surface area contributed by atoms with Gasteiger partial charge in [-0.2, -0.15) is 0 Å². The van der Waals surface area contributed by atoms with Crippen LogP contribution in [-0.4, -0.2) is 16.6 Å². The lowest BCUT2D eigenvalue weighted by Crippen LogP contribution is -1.93. The molecule has 0 spiro atoms. The number of non-ortho nitro benzene ring substituents is 1. The minimum Gasteiger partial charge on any atom is -0.398 e. The second kappa shape index (κ2) is 4.98. The number of nitrogens with zero attached hydrogens (tertiary/aromatic N) is 1. The maximum absolute atomic E-state index is 10.5. The van der Waals surface area contributed by atoms with Crippen molar-refractivity contribution in [3.63, 3.8) is 0 Å². The van der Waals surface area contributed by atoms with Crippen molar-refractivity contribution in [3.8, 4) is 11.8 Å². The number of hydrogen-bond donors (Lipinski definition) is 2. The maximum atomic E-state index is 10.5. The van der Waals surface area contributed by atoms with E-state index in [0.717, 1.165) is 0 Å². The Morgan fingerprint density at radius 1 is 1.53 bits per heavy atom. The Labute approximate surface area is 86.7 Å². The number of hydrogen-bond acceptors (Lipinski definition) is 4. The van der Waals surface area contributed by atoms with Gasteiger partial charge in [0, 0.05) is 24.2 Å². The molecule has 0 fully saturated rings. The third-order valence-corrected chi connectivity index (χ3v) is 1.71. The van der Waals surface area contributed by atoms with Gasteiger partial charge in [0.05, 0.1) is 17.1 Å². The minimum absolute atomic E-state index is 0.0398. The standard InChI is InChI=1S/C10H10N2O3/c11-10-5-4-9(12(14)15)7-8(10)3-1-2-6-13/h4-5,7,13H,2,6,11H2. The molecular weight excluding hydrogens is 196 g/mol. The Balaban J connectivity index is 3.02. The molecule has 0 unspecified atom stereocenters. The van der Waals surface area contributed by atoms with E-state index in [4.69, 9.17) is 10.8 Å². The predicted molar refractivity (Wildman–Crippen MR) is 56.1 cm³/mol. The van der Waals surface area contributed by atoms with Crippen LogP contribution in [0.3, 0.4) is 0 Å². The Morgan fingerprint density at radius 3 is 2.87 bits per heavy atom. The van der Waals surface area contributed by atoms with E-state index in [0.29, 0.717) is 17.7 Å². The number of aliphatic hydroxyl groups is 1. The Bertz CT molecular complexity index is 432. The first kappa shape index (κ1) is 11.0. The van der Waals surface area contributed by atoms with E-state index in [2.05, 4.69) is 11.8 Å². The summed E-state index contributed by atoms with van der Waals surface area (Å²) >= 11 is 0. The Hall–Kier alpha value is -2.06. The SMILES string of the molecule is Nc1ccc([N+](=O)[O-])cc1C#CCCO. The van der Waals surface area contributed by atoms with E-state index >= 15 is 0 Å². The zero-order valence-electron chi connectivity index (χ0n) is 7.93. The first-order chi connectivity index (χ1) is 7.15. The quantitative estimate of drug-likeness (QED) is 0.326. The maximum Gasteiger partial charge on any atom is 0.270 e. The van der Waals surface area contributed by atoms with Crippen LogP contribution < -0.4 is 5.73 Å². The average Bonchev–Trinajstić information content (AvgIpc) is 2.20. The zero-order chi connectivity index (χ0) is 11.3. The lowest BCUT2D eigenvalue weighted by atomic mass is 10.1. The fourth-order valence-corrected chi connectivity index (χ4v) is 0.980. The van der Waals surface area contributed by atoms with E-state index < -0.39 is 4.92 Å². The number of nitro groups is 1. The van der Waals surface area contributed by atoms with Gasteiger partial charge in [-0.1, -0.05) is 11.8 Å². The van der Waals surface area contributed by atoms with Gasteiger partial charge >= 0.3 is 0 Å². The number of anilines is 1. The van der Waals surface area contributed by atoms with Gasteiger partial charge in [0.15, 0.2) is 0 Å². The number of nitrogen functional groups attached to an aromatic ring is 1. The third kappa shape index (κ3) is 2.97. The van der Waals surface area contributed by atoms with Crippen molar-refractivity contribution in [1.82, 2.24) is 0 Å². The fourth-order valence-electron chi connectivity index (χ4n) is 0.980. The molecule has 0 aliphatic rings.